The minimum Gasteiger partial charge on any atom is -0.170 e. The van der Waals surface area contributed by atoms with Crippen LogP contribution in [-0.2, 0) is 5.41 Å². The van der Waals surface area contributed by atoms with E-state index < -0.39 is 11.6 Å². The number of alkyl halides is 3. The van der Waals surface area contributed by atoms with Crippen LogP contribution in [0.1, 0.15) is 59.6 Å². The predicted octanol–water partition coefficient (Wildman–Crippen LogP) is 7.89. The molecule has 2 rings (SSSR count). The smallest absolute Gasteiger partial charge is 0.170 e. The van der Waals surface area contributed by atoms with Gasteiger partial charge in [0.2, 0.25) is 0 Å². The molecule has 3 heteroatoms. The quantitative estimate of drug-likeness (QED) is 0.457. The molecule has 0 saturated carbocycles. The summed E-state index contributed by atoms with van der Waals surface area (Å²) in [6, 6.07) is 16.0. The molecule has 0 bridgehead atoms. The van der Waals surface area contributed by atoms with E-state index in [-0.39, 0.29) is 11.1 Å². The first kappa shape index (κ1) is 30.1. The van der Waals surface area contributed by atoms with Crippen molar-refractivity contribution in [2.75, 3.05) is 0 Å². The zero-order valence-electron chi connectivity index (χ0n) is 18.1. The summed E-state index contributed by atoms with van der Waals surface area (Å²) in [6.07, 6.45) is 4.86. The Hall–Kier alpha value is -2.65. The Kier molecular flexibility index (Phi) is 19.1. The van der Waals surface area contributed by atoms with Crippen LogP contribution in [0.2, 0.25) is 0 Å². The molecule has 0 atom stereocenters. The highest BCUT2D eigenvalue weighted by Crippen LogP contribution is 2.45. The lowest BCUT2D eigenvalue weighted by molar-refractivity contribution is -0.173. The van der Waals surface area contributed by atoms with Crippen molar-refractivity contribution in [1.82, 2.24) is 0 Å². The van der Waals surface area contributed by atoms with Gasteiger partial charge < -0.3 is 0 Å². The van der Waals surface area contributed by atoms with Crippen molar-refractivity contribution in [2.24, 2.45) is 0 Å². The Morgan fingerprint density at radius 3 is 1.04 bits per heavy atom. The first-order valence-electron chi connectivity index (χ1n) is 9.22. The van der Waals surface area contributed by atoms with E-state index in [0.29, 0.717) is 0 Å². The van der Waals surface area contributed by atoms with Gasteiger partial charge in [-0.25, -0.2) is 0 Å². The van der Waals surface area contributed by atoms with Crippen molar-refractivity contribution in [3.05, 3.63) is 71.8 Å². The zero-order valence-corrected chi connectivity index (χ0v) is 18.1. The normalized spacial score (nSPS) is 9.00. The molecule has 0 aliphatic carbocycles. The van der Waals surface area contributed by atoms with Crippen molar-refractivity contribution in [1.29, 1.82) is 0 Å². The Morgan fingerprint density at radius 1 is 0.643 bits per heavy atom. The maximum absolute atomic E-state index is 13.5. The van der Waals surface area contributed by atoms with E-state index in [9.17, 15) is 13.2 Å². The van der Waals surface area contributed by atoms with Crippen LogP contribution < -0.4 is 0 Å². The molecule has 0 aliphatic heterocycles. The van der Waals surface area contributed by atoms with Crippen molar-refractivity contribution in [3.8, 4) is 24.7 Å². The number of rotatable bonds is 2. The van der Waals surface area contributed by atoms with Gasteiger partial charge in [0.05, 0.1) is 0 Å². The summed E-state index contributed by atoms with van der Waals surface area (Å²) < 4.78 is 40.4. The second kappa shape index (κ2) is 17.7. The van der Waals surface area contributed by atoms with Gasteiger partial charge in [0.15, 0.2) is 0 Å². The molecule has 0 radical (unpaired) electrons. The third-order valence-corrected chi connectivity index (χ3v) is 3.27. The van der Waals surface area contributed by atoms with E-state index in [4.69, 9.17) is 0 Å². The molecule has 2 aromatic rings. The average Bonchev–Trinajstić information content (AvgIpc) is 2.72. The molecule has 0 amide bonds. The minimum atomic E-state index is -4.34. The summed E-state index contributed by atoms with van der Waals surface area (Å²) in [7, 11) is 0. The van der Waals surface area contributed by atoms with Gasteiger partial charge in [0, 0.05) is 0 Å². The number of benzene rings is 2. The molecule has 0 spiro atoms. The average molecular weight is 391 g/mol. The Morgan fingerprint density at radius 2 is 0.857 bits per heavy atom. The van der Waals surface area contributed by atoms with Gasteiger partial charge in [0.1, 0.15) is 5.41 Å². The highest BCUT2D eigenvalue weighted by atomic mass is 19.4. The second-order valence-corrected chi connectivity index (χ2v) is 4.93. The lowest BCUT2D eigenvalue weighted by Gasteiger charge is -2.33. The third kappa shape index (κ3) is 9.89. The largest absolute Gasteiger partial charge is 0.402 e. The second-order valence-electron chi connectivity index (χ2n) is 4.93. The van der Waals surface area contributed by atoms with E-state index in [1.807, 2.05) is 27.7 Å². The lowest BCUT2D eigenvalue weighted by atomic mass is 9.75. The van der Waals surface area contributed by atoms with Crippen LogP contribution in [0.5, 0.6) is 0 Å². The topological polar surface area (TPSA) is 0 Å². The monoisotopic (exact) mass is 390 g/mol. The van der Waals surface area contributed by atoms with Gasteiger partial charge in [-0.2, -0.15) is 13.2 Å². The number of terminal acetylenes is 2. The lowest BCUT2D eigenvalue weighted by Crippen LogP contribution is -2.40. The summed E-state index contributed by atoms with van der Waals surface area (Å²) in [4.78, 5) is 0. The van der Waals surface area contributed by atoms with Crippen LogP contribution in [0.3, 0.4) is 0 Å². The van der Waals surface area contributed by atoms with E-state index >= 15 is 0 Å². The molecule has 0 fully saturated rings. The van der Waals surface area contributed by atoms with Gasteiger partial charge in [-0.3, -0.25) is 0 Å². The Balaban J connectivity index is -0.000000534. The van der Waals surface area contributed by atoms with Crippen LogP contribution in [0.25, 0.3) is 0 Å². The Labute approximate surface area is 170 Å². The number of hydrogen-bond acceptors (Lipinski definition) is 0. The molecule has 0 heterocycles. The molecule has 154 valence electrons. The van der Waals surface area contributed by atoms with Crippen LogP contribution in [0, 0.1) is 24.7 Å². The fourth-order valence-electron chi connectivity index (χ4n) is 2.04. The SMILES string of the molecule is C#CC.C#CC.CC.CC.CC(c1ccccc1)(c1ccccc1)C(F)(F)F. The van der Waals surface area contributed by atoms with Gasteiger partial charge in [-0.1, -0.05) is 88.4 Å². The van der Waals surface area contributed by atoms with E-state index in [1.54, 1.807) is 50.2 Å². The number of halogens is 3. The van der Waals surface area contributed by atoms with Crippen molar-refractivity contribution >= 4 is 0 Å². The summed E-state index contributed by atoms with van der Waals surface area (Å²) in [5.41, 5.74) is -1.47. The van der Waals surface area contributed by atoms with E-state index in [0.717, 1.165) is 0 Å². The molecular weight excluding hydrogens is 357 g/mol. The van der Waals surface area contributed by atoms with Crippen LogP contribution in [0.4, 0.5) is 13.2 Å². The Bertz CT molecular complexity index is 605. The summed E-state index contributed by atoms with van der Waals surface area (Å²) >= 11 is 0. The molecule has 0 nitrogen and oxygen atoms in total. The number of hydrogen-bond donors (Lipinski definition) is 0. The highest BCUT2D eigenvalue weighted by Gasteiger charge is 2.53. The zero-order chi connectivity index (χ0) is 22.6. The van der Waals surface area contributed by atoms with Gasteiger partial charge in [-0.05, 0) is 31.9 Å². The predicted molar refractivity (Wildman–Crippen MR) is 117 cm³/mol. The fraction of sp³-hybridized carbons (Fsp3) is 0.360. The standard InChI is InChI=1S/C15H13F3.2C3H4.2C2H6/c1-14(15(16,17)18,12-8-4-2-5-9-12)13-10-6-3-7-11-13;2*1-3-2;2*1-2/h2-11H,1H3;2*1H,2H3;2*1-2H3. The summed E-state index contributed by atoms with van der Waals surface area (Å²) in [5.74, 6) is 4.50. The van der Waals surface area contributed by atoms with Gasteiger partial charge >= 0.3 is 6.18 Å². The molecule has 0 saturated heterocycles. The fourth-order valence-corrected chi connectivity index (χ4v) is 2.04. The van der Waals surface area contributed by atoms with Gasteiger partial charge in [-0.15, -0.1) is 24.7 Å². The first-order valence-corrected chi connectivity index (χ1v) is 9.22. The van der Waals surface area contributed by atoms with Crippen molar-refractivity contribution in [3.63, 3.8) is 0 Å². The maximum Gasteiger partial charge on any atom is 0.402 e. The highest BCUT2D eigenvalue weighted by molar-refractivity contribution is 5.40. The van der Waals surface area contributed by atoms with E-state index in [1.165, 1.54) is 31.2 Å². The molecule has 0 aliphatic rings. The van der Waals surface area contributed by atoms with Crippen molar-refractivity contribution in [2.45, 2.75) is 60.1 Å². The molecular formula is C25H33F3. The van der Waals surface area contributed by atoms with Crippen LogP contribution >= 0.6 is 0 Å². The van der Waals surface area contributed by atoms with Crippen molar-refractivity contribution < 1.29 is 13.2 Å². The van der Waals surface area contributed by atoms with Gasteiger partial charge in [0.25, 0.3) is 0 Å². The van der Waals surface area contributed by atoms with Crippen LogP contribution in [0.15, 0.2) is 60.7 Å². The van der Waals surface area contributed by atoms with Crippen LogP contribution in [-0.4, -0.2) is 6.18 Å². The maximum atomic E-state index is 13.5. The van der Waals surface area contributed by atoms with E-state index in [2.05, 4.69) is 24.7 Å². The first-order chi connectivity index (χ1) is 13.3. The molecule has 28 heavy (non-hydrogen) atoms. The third-order valence-electron chi connectivity index (χ3n) is 3.27. The molecule has 0 aromatic heterocycles. The molecule has 0 N–H and O–H groups in total. The molecule has 2 aromatic carbocycles. The minimum absolute atomic E-state index is 0.253. The summed E-state index contributed by atoms with van der Waals surface area (Å²) in [6.45, 7) is 12.5. The molecule has 0 unspecified atom stereocenters. The summed E-state index contributed by atoms with van der Waals surface area (Å²) in [5, 5.41) is 0.